The van der Waals surface area contributed by atoms with Crippen molar-refractivity contribution in [3.63, 3.8) is 0 Å². The van der Waals surface area contributed by atoms with Crippen LogP contribution >= 0.6 is 0 Å². The molecule has 0 aliphatic heterocycles. The molecule has 2 N–H and O–H groups in total. The van der Waals surface area contributed by atoms with Crippen LogP contribution in [0, 0.1) is 23.7 Å². The highest BCUT2D eigenvalue weighted by molar-refractivity contribution is 5.01. The maximum atomic E-state index is 4.43. The average molecular weight is 555 g/mol. The molecular weight excluding hydrogens is 484 g/mol. The first kappa shape index (κ1) is 38.5. The Kier molecular flexibility index (Phi) is 30.9. The molecule has 0 aliphatic rings. The Labute approximate surface area is 252 Å². The second-order valence-electron chi connectivity index (χ2n) is 11.9. The van der Waals surface area contributed by atoms with Gasteiger partial charge in [0.05, 0.1) is 0 Å². The van der Waals surface area contributed by atoms with E-state index in [1.54, 1.807) is 0 Å². The highest BCUT2D eigenvalue weighted by Gasteiger charge is 2.21. The molecule has 0 aromatic rings. The van der Waals surface area contributed by atoms with E-state index < -0.39 is 0 Å². The predicted molar refractivity (Wildman–Crippen MR) is 183 cm³/mol. The SMILES string of the molecule is C=C(CC(CCC#CCCCCC)C(CCC/C=C\CCCCC)CCC/C=C\CCCCCC)NCCNC. The van der Waals surface area contributed by atoms with Gasteiger partial charge < -0.3 is 10.6 Å². The van der Waals surface area contributed by atoms with E-state index in [1.165, 1.54) is 128 Å². The number of rotatable bonds is 29. The van der Waals surface area contributed by atoms with Gasteiger partial charge in [0.2, 0.25) is 0 Å². The van der Waals surface area contributed by atoms with E-state index in [9.17, 15) is 0 Å². The van der Waals surface area contributed by atoms with Crippen LogP contribution in [0.25, 0.3) is 0 Å². The van der Waals surface area contributed by atoms with Crippen molar-refractivity contribution in [3.05, 3.63) is 36.6 Å². The number of allylic oxidation sites excluding steroid dienone is 5. The number of hydrogen-bond acceptors (Lipinski definition) is 2. The average Bonchev–Trinajstić information content (AvgIpc) is 2.95. The third-order valence-electron chi connectivity index (χ3n) is 8.02. The summed E-state index contributed by atoms with van der Waals surface area (Å²) in [5, 5.41) is 6.83. The zero-order valence-electron chi connectivity index (χ0n) is 27.6. The molecule has 0 amide bonds. The summed E-state index contributed by atoms with van der Waals surface area (Å²) in [7, 11) is 2.01. The van der Waals surface area contributed by atoms with Crippen molar-refractivity contribution in [2.24, 2.45) is 11.8 Å². The van der Waals surface area contributed by atoms with E-state index >= 15 is 0 Å². The van der Waals surface area contributed by atoms with Gasteiger partial charge in [-0.25, -0.2) is 0 Å². The molecule has 0 saturated carbocycles. The molecule has 232 valence electrons. The monoisotopic (exact) mass is 555 g/mol. The molecule has 0 aromatic heterocycles. The highest BCUT2D eigenvalue weighted by Crippen LogP contribution is 2.32. The molecule has 0 radical (unpaired) electrons. The summed E-state index contributed by atoms with van der Waals surface area (Å²) in [4.78, 5) is 0. The molecule has 0 bridgehead atoms. The molecule has 0 spiro atoms. The van der Waals surface area contributed by atoms with Gasteiger partial charge in [0.25, 0.3) is 0 Å². The molecule has 2 nitrogen and oxygen atoms in total. The molecule has 0 heterocycles. The van der Waals surface area contributed by atoms with E-state index in [0.29, 0.717) is 5.92 Å². The predicted octanol–water partition coefficient (Wildman–Crippen LogP) is 11.3. The first-order valence-corrected chi connectivity index (χ1v) is 17.5. The van der Waals surface area contributed by atoms with Crippen LogP contribution in [0.15, 0.2) is 36.6 Å². The summed E-state index contributed by atoms with van der Waals surface area (Å²) in [6.07, 6.45) is 37.7. The Bertz CT molecular complexity index is 650. The molecule has 0 fully saturated rings. The van der Waals surface area contributed by atoms with Crippen LogP contribution in [0.5, 0.6) is 0 Å². The summed E-state index contributed by atoms with van der Waals surface area (Å²) < 4.78 is 0. The lowest BCUT2D eigenvalue weighted by molar-refractivity contribution is 0.265. The number of hydrogen-bond donors (Lipinski definition) is 2. The minimum Gasteiger partial charge on any atom is -0.388 e. The molecule has 0 rings (SSSR count). The first-order chi connectivity index (χ1) is 19.7. The molecule has 0 saturated heterocycles. The largest absolute Gasteiger partial charge is 0.388 e. The second-order valence-corrected chi connectivity index (χ2v) is 11.9. The quantitative estimate of drug-likeness (QED) is 0.0546. The minimum atomic E-state index is 0.672. The van der Waals surface area contributed by atoms with Crippen molar-refractivity contribution in [2.45, 2.75) is 162 Å². The Morgan fingerprint density at radius 1 is 0.600 bits per heavy atom. The van der Waals surface area contributed by atoms with Gasteiger partial charge in [0, 0.05) is 31.6 Å². The van der Waals surface area contributed by atoms with E-state index in [-0.39, 0.29) is 0 Å². The van der Waals surface area contributed by atoms with Gasteiger partial charge >= 0.3 is 0 Å². The van der Waals surface area contributed by atoms with Crippen molar-refractivity contribution in [1.29, 1.82) is 0 Å². The fourth-order valence-corrected chi connectivity index (χ4v) is 5.44. The lowest BCUT2D eigenvalue weighted by atomic mass is 9.79. The summed E-state index contributed by atoms with van der Waals surface area (Å²) in [5.41, 5.74) is 1.21. The van der Waals surface area contributed by atoms with Crippen LogP contribution in [0.4, 0.5) is 0 Å². The zero-order valence-corrected chi connectivity index (χ0v) is 27.6. The van der Waals surface area contributed by atoms with Gasteiger partial charge in [-0.1, -0.05) is 96.6 Å². The molecule has 2 heteroatoms. The van der Waals surface area contributed by atoms with Crippen molar-refractivity contribution in [2.75, 3.05) is 20.1 Å². The Morgan fingerprint density at radius 2 is 1.12 bits per heavy atom. The molecule has 2 unspecified atom stereocenters. The van der Waals surface area contributed by atoms with Crippen molar-refractivity contribution in [3.8, 4) is 11.8 Å². The summed E-state index contributed by atoms with van der Waals surface area (Å²) in [5.74, 6) is 8.42. The lowest BCUT2D eigenvalue weighted by Crippen LogP contribution is -2.26. The Balaban J connectivity index is 5.08. The lowest BCUT2D eigenvalue weighted by Gasteiger charge is -2.28. The molecule has 0 aromatic carbocycles. The Hall–Kier alpha value is -1.46. The fourth-order valence-electron chi connectivity index (χ4n) is 5.44. The first-order valence-electron chi connectivity index (χ1n) is 17.5. The zero-order chi connectivity index (χ0) is 29.4. The van der Waals surface area contributed by atoms with Gasteiger partial charge in [-0.2, -0.15) is 0 Å². The van der Waals surface area contributed by atoms with Crippen LogP contribution < -0.4 is 10.6 Å². The maximum Gasteiger partial charge on any atom is 0.0268 e. The second kappa shape index (κ2) is 32.1. The Morgan fingerprint density at radius 3 is 1.73 bits per heavy atom. The third kappa shape index (κ3) is 26.7. The molecule has 2 atom stereocenters. The van der Waals surface area contributed by atoms with E-state index in [0.717, 1.165) is 38.3 Å². The van der Waals surface area contributed by atoms with E-state index in [2.05, 4.69) is 74.1 Å². The van der Waals surface area contributed by atoms with Crippen molar-refractivity contribution >= 4 is 0 Å². The van der Waals surface area contributed by atoms with Crippen LogP contribution in [0.1, 0.15) is 162 Å². The minimum absolute atomic E-state index is 0.672. The third-order valence-corrected chi connectivity index (χ3v) is 8.02. The molecule has 0 aliphatic carbocycles. The van der Waals surface area contributed by atoms with Crippen LogP contribution in [0.2, 0.25) is 0 Å². The maximum absolute atomic E-state index is 4.43. The number of unbranched alkanes of at least 4 members (excludes halogenated alkanes) is 12. The van der Waals surface area contributed by atoms with Gasteiger partial charge in [-0.15, -0.1) is 11.8 Å². The topological polar surface area (TPSA) is 24.1 Å². The normalized spacial score (nSPS) is 13.0. The standard InChI is InChI=1S/C38H70N2/c1-6-9-12-15-18-20-23-25-28-31-37(30-27-24-22-19-16-13-10-7-2)38(35-36(4)40-34-33-39-5)32-29-26-21-17-14-11-8-3/h19-20,22-23,37-40H,4,6-18,24-25,27-35H2,1-3,5H3/b22-19-,23-20-. The van der Waals surface area contributed by atoms with Gasteiger partial charge in [0.1, 0.15) is 0 Å². The van der Waals surface area contributed by atoms with Crippen LogP contribution in [0.3, 0.4) is 0 Å². The summed E-state index contributed by atoms with van der Waals surface area (Å²) >= 11 is 0. The number of nitrogens with one attached hydrogen (secondary N) is 2. The fraction of sp³-hybridized carbons (Fsp3) is 0.789. The van der Waals surface area contributed by atoms with Crippen molar-refractivity contribution in [1.82, 2.24) is 10.6 Å². The van der Waals surface area contributed by atoms with Crippen molar-refractivity contribution < 1.29 is 0 Å². The smallest absolute Gasteiger partial charge is 0.0268 e. The van der Waals surface area contributed by atoms with Gasteiger partial charge in [-0.05, 0) is 102 Å². The highest BCUT2D eigenvalue weighted by atomic mass is 14.9. The van der Waals surface area contributed by atoms with Crippen LogP contribution in [-0.2, 0) is 0 Å². The van der Waals surface area contributed by atoms with Crippen LogP contribution in [-0.4, -0.2) is 20.1 Å². The number of likely N-dealkylation sites (N-methyl/N-ethyl adjacent to an activating group) is 1. The molecule has 40 heavy (non-hydrogen) atoms. The van der Waals surface area contributed by atoms with Gasteiger partial charge in [-0.3, -0.25) is 0 Å². The van der Waals surface area contributed by atoms with E-state index in [4.69, 9.17) is 0 Å². The molecular formula is C38H70N2. The van der Waals surface area contributed by atoms with E-state index in [1.807, 2.05) is 7.05 Å². The van der Waals surface area contributed by atoms with Gasteiger partial charge in [0.15, 0.2) is 0 Å². The summed E-state index contributed by atoms with van der Waals surface area (Å²) in [6.45, 7) is 13.2. The summed E-state index contributed by atoms with van der Waals surface area (Å²) in [6, 6.07) is 0.